The lowest BCUT2D eigenvalue weighted by molar-refractivity contribution is -0.119. The second-order valence-electron chi connectivity index (χ2n) is 7.11. The maximum Gasteiger partial charge on any atom is 0.319 e. The number of aromatic nitrogens is 2. The predicted molar refractivity (Wildman–Crippen MR) is 122 cm³/mol. The van der Waals surface area contributed by atoms with E-state index in [1.54, 1.807) is 13.2 Å². The van der Waals surface area contributed by atoms with Gasteiger partial charge in [-0.3, -0.25) is 10.1 Å². The van der Waals surface area contributed by atoms with Crippen molar-refractivity contribution in [1.82, 2.24) is 15.5 Å². The molecule has 3 amide bonds. The van der Waals surface area contributed by atoms with Gasteiger partial charge in [0.2, 0.25) is 11.0 Å². The largest absolute Gasteiger partial charge is 0.497 e. The van der Waals surface area contributed by atoms with Crippen molar-refractivity contribution in [2.45, 2.75) is 26.3 Å². The van der Waals surface area contributed by atoms with Crippen molar-refractivity contribution in [3.63, 3.8) is 0 Å². The first-order chi connectivity index (χ1) is 15.4. The zero-order valence-corrected chi connectivity index (χ0v) is 18.7. The van der Waals surface area contributed by atoms with Crippen molar-refractivity contribution >= 4 is 34.1 Å². The third kappa shape index (κ3) is 6.01. The average Bonchev–Trinajstić information content (AvgIpc) is 3.25. The number of halogens is 1. The first kappa shape index (κ1) is 23.1. The minimum Gasteiger partial charge on any atom is -0.497 e. The van der Waals surface area contributed by atoms with Crippen LogP contribution in [0.2, 0.25) is 0 Å². The zero-order valence-electron chi connectivity index (χ0n) is 17.9. The van der Waals surface area contributed by atoms with Crippen LogP contribution in [0.5, 0.6) is 5.75 Å². The van der Waals surface area contributed by atoms with Crippen LogP contribution in [0, 0.1) is 11.7 Å². The minimum atomic E-state index is -0.822. The monoisotopic (exact) mass is 457 g/mol. The predicted octanol–water partition coefficient (Wildman–Crippen LogP) is 4.53. The average molecular weight is 458 g/mol. The van der Waals surface area contributed by atoms with Crippen LogP contribution in [0.15, 0.2) is 48.5 Å². The van der Waals surface area contributed by atoms with Gasteiger partial charge in [0.1, 0.15) is 22.6 Å². The summed E-state index contributed by atoms with van der Waals surface area (Å²) < 4.78 is 18.6. The van der Waals surface area contributed by atoms with Crippen molar-refractivity contribution in [1.29, 1.82) is 0 Å². The summed E-state index contributed by atoms with van der Waals surface area (Å²) in [6.45, 7) is 3.78. The Kier molecular flexibility index (Phi) is 7.72. The summed E-state index contributed by atoms with van der Waals surface area (Å²) in [6.07, 6.45) is 0.656. The molecule has 1 aromatic heterocycles. The molecular formula is C22H24FN5O3S. The summed E-state index contributed by atoms with van der Waals surface area (Å²) in [4.78, 5) is 25.3. The van der Waals surface area contributed by atoms with Crippen LogP contribution in [0.3, 0.4) is 0 Å². The fourth-order valence-electron chi connectivity index (χ4n) is 2.91. The van der Waals surface area contributed by atoms with Gasteiger partial charge >= 0.3 is 6.03 Å². The van der Waals surface area contributed by atoms with Crippen LogP contribution in [0.25, 0.3) is 10.6 Å². The molecule has 3 rings (SSSR count). The lowest BCUT2D eigenvalue weighted by Gasteiger charge is -2.23. The van der Waals surface area contributed by atoms with Gasteiger partial charge in [-0.15, -0.1) is 10.2 Å². The van der Waals surface area contributed by atoms with Crippen molar-refractivity contribution in [3.05, 3.63) is 54.3 Å². The van der Waals surface area contributed by atoms with Crippen molar-refractivity contribution < 1.29 is 18.7 Å². The van der Waals surface area contributed by atoms with Crippen LogP contribution >= 0.6 is 11.3 Å². The smallest absolute Gasteiger partial charge is 0.319 e. The van der Waals surface area contributed by atoms with E-state index in [0.29, 0.717) is 22.3 Å². The Bertz CT molecular complexity index is 1090. The molecule has 2 aromatic carbocycles. The van der Waals surface area contributed by atoms with E-state index in [9.17, 15) is 14.0 Å². The van der Waals surface area contributed by atoms with Gasteiger partial charge in [0.05, 0.1) is 7.11 Å². The van der Waals surface area contributed by atoms with E-state index in [1.807, 2.05) is 38.1 Å². The van der Waals surface area contributed by atoms with Crippen LogP contribution in [0.1, 0.15) is 20.3 Å². The molecule has 0 spiro atoms. The molecule has 10 heteroatoms. The van der Waals surface area contributed by atoms with E-state index < -0.39 is 23.8 Å². The summed E-state index contributed by atoms with van der Waals surface area (Å²) in [6, 6.07) is 11.4. The number of methoxy groups -OCH3 is 1. The fraction of sp³-hybridized carbons (Fsp3) is 0.273. The highest BCUT2D eigenvalue weighted by atomic mass is 32.1. The molecule has 32 heavy (non-hydrogen) atoms. The molecule has 0 aliphatic rings. The van der Waals surface area contributed by atoms with Gasteiger partial charge < -0.3 is 15.4 Å². The Morgan fingerprint density at radius 2 is 1.91 bits per heavy atom. The second kappa shape index (κ2) is 10.7. The highest BCUT2D eigenvalue weighted by molar-refractivity contribution is 7.18. The highest BCUT2D eigenvalue weighted by Crippen LogP contribution is 2.29. The first-order valence-electron chi connectivity index (χ1n) is 10.0. The Balaban J connectivity index is 1.68. The number of carbonyl (C=O) groups excluding carboxylic acids is 2. The van der Waals surface area contributed by atoms with Gasteiger partial charge in [0, 0.05) is 11.3 Å². The third-order valence-electron chi connectivity index (χ3n) is 4.84. The molecule has 2 atom stereocenters. The number of ether oxygens (including phenoxy) is 1. The van der Waals surface area contributed by atoms with Gasteiger partial charge in [0.25, 0.3) is 0 Å². The number of amides is 3. The number of benzene rings is 2. The topological polar surface area (TPSA) is 105 Å². The molecule has 0 aliphatic carbocycles. The van der Waals surface area contributed by atoms with Gasteiger partial charge in [-0.2, -0.15) is 0 Å². The van der Waals surface area contributed by atoms with Gasteiger partial charge in [0.15, 0.2) is 0 Å². The summed E-state index contributed by atoms with van der Waals surface area (Å²) in [7, 11) is 1.58. The number of anilines is 2. The van der Waals surface area contributed by atoms with Crippen molar-refractivity contribution in [3.8, 4) is 16.3 Å². The van der Waals surface area contributed by atoms with Crippen molar-refractivity contribution in [2.24, 2.45) is 5.92 Å². The van der Waals surface area contributed by atoms with E-state index in [-0.39, 0.29) is 11.6 Å². The Hall–Kier alpha value is -3.53. The molecule has 168 valence electrons. The van der Waals surface area contributed by atoms with E-state index in [4.69, 9.17) is 4.74 Å². The quantitative estimate of drug-likeness (QED) is 0.461. The van der Waals surface area contributed by atoms with Crippen LogP contribution in [-0.2, 0) is 4.79 Å². The summed E-state index contributed by atoms with van der Waals surface area (Å²) in [5.41, 5.74) is 1.10. The molecule has 0 saturated heterocycles. The molecule has 0 aliphatic heterocycles. The van der Waals surface area contributed by atoms with Gasteiger partial charge in [-0.1, -0.05) is 49.8 Å². The van der Waals surface area contributed by atoms with E-state index in [0.717, 1.165) is 5.56 Å². The molecule has 0 fully saturated rings. The molecule has 0 saturated carbocycles. The number of urea groups is 1. The molecule has 3 aromatic rings. The maximum absolute atomic E-state index is 13.3. The second-order valence-corrected chi connectivity index (χ2v) is 8.08. The van der Waals surface area contributed by atoms with Crippen LogP contribution in [-0.4, -0.2) is 35.3 Å². The molecule has 2 unspecified atom stereocenters. The lowest BCUT2D eigenvalue weighted by atomic mass is 9.98. The van der Waals surface area contributed by atoms with Gasteiger partial charge in [-0.05, 0) is 36.2 Å². The molecule has 1 heterocycles. The van der Waals surface area contributed by atoms with Crippen LogP contribution < -0.4 is 20.7 Å². The Morgan fingerprint density at radius 1 is 1.12 bits per heavy atom. The molecule has 3 N–H and O–H groups in total. The van der Waals surface area contributed by atoms with E-state index in [2.05, 4.69) is 26.1 Å². The summed E-state index contributed by atoms with van der Waals surface area (Å²) in [5.74, 6) is -0.350. The molecule has 0 bridgehead atoms. The zero-order chi connectivity index (χ0) is 23.1. The van der Waals surface area contributed by atoms with E-state index >= 15 is 0 Å². The number of hydrogen-bond donors (Lipinski definition) is 3. The maximum atomic E-state index is 13.3. The first-order valence-corrected chi connectivity index (χ1v) is 10.8. The SMILES string of the molecule is CCC(C)C(NC(=O)Nc1cccc(F)c1)C(=O)Nc1nnc(-c2cccc(OC)c2)s1. The Morgan fingerprint density at radius 3 is 2.62 bits per heavy atom. The highest BCUT2D eigenvalue weighted by Gasteiger charge is 2.27. The summed E-state index contributed by atoms with van der Waals surface area (Å²) >= 11 is 1.21. The van der Waals surface area contributed by atoms with Crippen LogP contribution in [0.4, 0.5) is 20.0 Å². The fourth-order valence-corrected chi connectivity index (χ4v) is 3.65. The number of rotatable bonds is 8. The number of nitrogens with one attached hydrogen (secondary N) is 3. The molecule has 8 nitrogen and oxygen atoms in total. The van der Waals surface area contributed by atoms with E-state index in [1.165, 1.54) is 29.5 Å². The number of nitrogens with zero attached hydrogens (tertiary/aromatic N) is 2. The standard InChI is InChI=1S/C22H24FN5O3S/c1-4-13(2)18(25-21(30)24-16-9-6-8-15(23)12-16)19(29)26-22-28-27-20(32-22)14-7-5-10-17(11-14)31-3/h5-13,18H,4H2,1-3H3,(H2,24,25,30)(H,26,28,29). The van der Waals surface area contributed by atoms with Crippen molar-refractivity contribution in [2.75, 3.05) is 17.7 Å². The normalized spacial score (nSPS) is 12.5. The number of carbonyl (C=O) groups is 2. The summed E-state index contributed by atoms with van der Waals surface area (Å²) in [5, 5.41) is 17.0. The molecule has 0 radical (unpaired) electrons. The Labute approximate surface area is 189 Å². The molecular weight excluding hydrogens is 433 g/mol. The number of hydrogen-bond acceptors (Lipinski definition) is 6. The third-order valence-corrected chi connectivity index (χ3v) is 5.72. The van der Waals surface area contributed by atoms with Gasteiger partial charge in [-0.25, -0.2) is 9.18 Å². The lowest BCUT2D eigenvalue weighted by Crippen LogP contribution is -2.49. The minimum absolute atomic E-state index is 0.154.